The van der Waals surface area contributed by atoms with Crippen molar-refractivity contribution in [3.05, 3.63) is 70.2 Å². The highest BCUT2D eigenvalue weighted by Gasteiger charge is 2.20. The molecule has 134 valence electrons. The summed E-state index contributed by atoms with van der Waals surface area (Å²) >= 11 is 0. The molecular formula is C19H17N7O. The molecule has 0 aliphatic carbocycles. The van der Waals surface area contributed by atoms with Gasteiger partial charge in [0.25, 0.3) is 5.56 Å². The molecule has 0 aliphatic rings. The largest absolute Gasteiger partial charge is 0.338 e. The molecule has 1 N–H and O–H groups in total. The van der Waals surface area contributed by atoms with Crippen LogP contribution in [-0.2, 0) is 6.54 Å². The first-order chi connectivity index (χ1) is 13.1. The SMILES string of the molecule is CC(C)c1c(-c2cnn(Cc3cccnc3)c2)[nH]c2c(C#N)cnn2c1=O. The summed E-state index contributed by atoms with van der Waals surface area (Å²) in [5, 5.41) is 17.7. The Labute approximate surface area is 154 Å². The third kappa shape index (κ3) is 2.89. The van der Waals surface area contributed by atoms with E-state index in [0.29, 0.717) is 29.0 Å². The van der Waals surface area contributed by atoms with Crippen molar-refractivity contribution in [2.24, 2.45) is 0 Å². The summed E-state index contributed by atoms with van der Waals surface area (Å²) in [5.74, 6) is -0.0236. The van der Waals surface area contributed by atoms with Crippen molar-refractivity contribution in [1.82, 2.24) is 29.4 Å². The van der Waals surface area contributed by atoms with Crippen molar-refractivity contribution in [2.45, 2.75) is 26.3 Å². The van der Waals surface area contributed by atoms with Gasteiger partial charge in [0.05, 0.1) is 24.6 Å². The molecule has 0 bridgehead atoms. The molecule has 8 nitrogen and oxygen atoms in total. The molecule has 0 saturated heterocycles. The second kappa shape index (κ2) is 6.53. The molecule has 0 aromatic carbocycles. The molecule has 0 radical (unpaired) electrons. The fourth-order valence-electron chi connectivity index (χ4n) is 3.13. The van der Waals surface area contributed by atoms with Gasteiger partial charge in [0.15, 0.2) is 5.65 Å². The van der Waals surface area contributed by atoms with Crippen LogP contribution in [0.1, 0.15) is 36.5 Å². The van der Waals surface area contributed by atoms with Crippen molar-refractivity contribution < 1.29 is 0 Å². The molecule has 4 rings (SSSR count). The zero-order chi connectivity index (χ0) is 19.0. The molecule has 0 unspecified atom stereocenters. The minimum absolute atomic E-state index is 0.0236. The summed E-state index contributed by atoms with van der Waals surface area (Å²) in [6.45, 7) is 4.48. The second-order valence-electron chi connectivity index (χ2n) is 6.59. The number of hydrogen-bond acceptors (Lipinski definition) is 5. The van der Waals surface area contributed by atoms with Crippen LogP contribution in [0.25, 0.3) is 16.9 Å². The zero-order valence-corrected chi connectivity index (χ0v) is 14.9. The van der Waals surface area contributed by atoms with E-state index in [9.17, 15) is 10.1 Å². The van der Waals surface area contributed by atoms with Crippen LogP contribution in [-0.4, -0.2) is 29.4 Å². The van der Waals surface area contributed by atoms with Crippen molar-refractivity contribution in [2.75, 3.05) is 0 Å². The smallest absolute Gasteiger partial charge is 0.278 e. The van der Waals surface area contributed by atoms with Gasteiger partial charge in [-0.1, -0.05) is 19.9 Å². The van der Waals surface area contributed by atoms with Gasteiger partial charge in [0.2, 0.25) is 0 Å². The van der Waals surface area contributed by atoms with Crippen molar-refractivity contribution in [3.8, 4) is 17.3 Å². The van der Waals surface area contributed by atoms with Crippen molar-refractivity contribution in [1.29, 1.82) is 5.26 Å². The van der Waals surface area contributed by atoms with Crippen LogP contribution in [0.15, 0.2) is 47.9 Å². The summed E-state index contributed by atoms with van der Waals surface area (Å²) in [6.07, 6.45) is 8.51. The van der Waals surface area contributed by atoms with Gasteiger partial charge >= 0.3 is 0 Å². The van der Waals surface area contributed by atoms with Crippen molar-refractivity contribution >= 4 is 5.65 Å². The van der Waals surface area contributed by atoms with E-state index in [-0.39, 0.29) is 11.5 Å². The first kappa shape index (κ1) is 16.7. The summed E-state index contributed by atoms with van der Waals surface area (Å²) in [4.78, 5) is 20.3. The summed E-state index contributed by atoms with van der Waals surface area (Å²) < 4.78 is 3.04. The van der Waals surface area contributed by atoms with E-state index >= 15 is 0 Å². The summed E-state index contributed by atoms with van der Waals surface area (Å²) in [5.41, 5.74) is 3.58. The number of nitrogens with one attached hydrogen (secondary N) is 1. The minimum Gasteiger partial charge on any atom is -0.338 e. The van der Waals surface area contributed by atoms with Gasteiger partial charge in [0, 0.05) is 29.7 Å². The van der Waals surface area contributed by atoms with E-state index in [2.05, 4.69) is 26.2 Å². The lowest BCUT2D eigenvalue weighted by atomic mass is 10.00. The molecule has 0 spiro atoms. The monoisotopic (exact) mass is 359 g/mol. The molecule has 27 heavy (non-hydrogen) atoms. The van der Waals surface area contributed by atoms with Gasteiger partial charge in [-0.05, 0) is 17.5 Å². The topological polar surface area (TPSA) is 105 Å². The molecule has 4 aromatic heterocycles. The Hall–Kier alpha value is -3.73. The number of fused-ring (bicyclic) bond motifs is 1. The number of nitriles is 1. The Morgan fingerprint density at radius 1 is 1.26 bits per heavy atom. The predicted octanol–water partition coefficient (Wildman–Crippen LogP) is 2.32. The maximum Gasteiger partial charge on any atom is 0.278 e. The Balaban J connectivity index is 1.85. The van der Waals surface area contributed by atoms with Crippen LogP contribution in [0, 0.1) is 11.3 Å². The summed E-state index contributed by atoms with van der Waals surface area (Å²) in [7, 11) is 0. The quantitative estimate of drug-likeness (QED) is 0.602. The van der Waals surface area contributed by atoms with Gasteiger partial charge in [-0.15, -0.1) is 0 Å². The van der Waals surface area contributed by atoms with E-state index in [4.69, 9.17) is 0 Å². The third-order valence-electron chi connectivity index (χ3n) is 4.39. The molecule has 0 aliphatic heterocycles. The molecule has 4 aromatic rings. The number of hydrogen-bond donors (Lipinski definition) is 1. The number of aromatic nitrogens is 6. The Kier molecular flexibility index (Phi) is 4.05. The van der Waals surface area contributed by atoms with Gasteiger partial charge in [-0.2, -0.15) is 20.0 Å². The molecular weight excluding hydrogens is 342 g/mol. The normalized spacial score (nSPS) is 11.2. The maximum atomic E-state index is 12.9. The van der Waals surface area contributed by atoms with Crippen molar-refractivity contribution in [3.63, 3.8) is 0 Å². The number of H-pyrrole nitrogens is 1. The van der Waals surface area contributed by atoms with Gasteiger partial charge in [-0.3, -0.25) is 14.5 Å². The average molecular weight is 359 g/mol. The van der Waals surface area contributed by atoms with Crippen LogP contribution in [0.3, 0.4) is 0 Å². The third-order valence-corrected chi connectivity index (χ3v) is 4.39. The lowest BCUT2D eigenvalue weighted by molar-refractivity contribution is 0.685. The standard InChI is InChI=1S/C19H17N7O/c1-12(2)16-17(24-18-14(6-20)8-23-26(18)19(16)27)15-9-22-25(11-15)10-13-4-3-5-21-7-13/h3-5,7-9,11-12,24H,10H2,1-2H3. The van der Waals surface area contributed by atoms with Gasteiger partial charge in [-0.25, -0.2) is 0 Å². The van der Waals surface area contributed by atoms with Crippen LogP contribution in [0.5, 0.6) is 0 Å². The van der Waals surface area contributed by atoms with E-state index in [0.717, 1.165) is 11.1 Å². The van der Waals surface area contributed by atoms with Gasteiger partial charge < -0.3 is 4.98 Å². The van der Waals surface area contributed by atoms with E-state index in [1.807, 2.05) is 32.2 Å². The van der Waals surface area contributed by atoms with E-state index in [1.165, 1.54) is 10.7 Å². The Bertz CT molecular complexity index is 1210. The number of pyridine rings is 1. The molecule has 0 amide bonds. The highest BCUT2D eigenvalue weighted by Crippen LogP contribution is 2.26. The fourth-order valence-corrected chi connectivity index (χ4v) is 3.13. The van der Waals surface area contributed by atoms with E-state index in [1.54, 1.807) is 23.3 Å². The molecule has 8 heteroatoms. The Morgan fingerprint density at radius 3 is 2.81 bits per heavy atom. The fraction of sp³-hybridized carbons (Fsp3) is 0.211. The predicted molar refractivity (Wildman–Crippen MR) is 99.2 cm³/mol. The maximum absolute atomic E-state index is 12.9. The number of aromatic amines is 1. The first-order valence-electron chi connectivity index (χ1n) is 8.54. The van der Waals surface area contributed by atoms with Crippen LogP contribution >= 0.6 is 0 Å². The molecule has 0 atom stereocenters. The lowest BCUT2D eigenvalue weighted by Gasteiger charge is -2.11. The van der Waals surface area contributed by atoms with Crippen LogP contribution in [0.4, 0.5) is 0 Å². The van der Waals surface area contributed by atoms with Crippen LogP contribution < -0.4 is 5.56 Å². The molecule has 0 saturated carbocycles. The molecule has 0 fully saturated rings. The Morgan fingerprint density at radius 2 is 2.11 bits per heavy atom. The second-order valence-corrected chi connectivity index (χ2v) is 6.59. The van der Waals surface area contributed by atoms with Crippen LogP contribution in [0.2, 0.25) is 0 Å². The minimum atomic E-state index is -0.227. The molecule has 4 heterocycles. The number of rotatable bonds is 4. The number of nitrogens with zero attached hydrogens (tertiary/aromatic N) is 6. The average Bonchev–Trinajstić information content (AvgIpc) is 3.28. The first-order valence-corrected chi connectivity index (χ1v) is 8.54. The van der Waals surface area contributed by atoms with Gasteiger partial charge in [0.1, 0.15) is 11.6 Å². The summed E-state index contributed by atoms with van der Waals surface area (Å²) in [6, 6.07) is 5.92. The van der Waals surface area contributed by atoms with E-state index < -0.39 is 0 Å². The zero-order valence-electron chi connectivity index (χ0n) is 14.9. The highest BCUT2D eigenvalue weighted by atomic mass is 16.1. The lowest BCUT2D eigenvalue weighted by Crippen LogP contribution is -2.22. The highest BCUT2D eigenvalue weighted by molar-refractivity contribution is 5.67.